The molecule has 0 aliphatic carbocycles. The van der Waals surface area contributed by atoms with Gasteiger partial charge >= 0.3 is 17.9 Å². The number of carbonyl (C=O) groups is 3. The molecule has 0 fully saturated rings. The molecule has 3 unspecified atom stereocenters. The second-order valence-corrected chi connectivity index (χ2v) is 12.3. The van der Waals surface area contributed by atoms with E-state index in [4.69, 9.17) is 0 Å². The summed E-state index contributed by atoms with van der Waals surface area (Å²) in [6.07, 6.45) is 25.7. The lowest BCUT2D eigenvalue weighted by atomic mass is 10.00. The predicted molar refractivity (Wildman–Crippen MR) is 163 cm³/mol. The van der Waals surface area contributed by atoms with Crippen molar-refractivity contribution in [2.45, 2.75) is 137 Å². The molecule has 0 saturated heterocycles. The number of nitrogens with zero attached hydrogens (tertiary/aromatic N) is 1. The van der Waals surface area contributed by atoms with Gasteiger partial charge in [0.15, 0.2) is 0 Å². The van der Waals surface area contributed by atoms with E-state index in [1.165, 1.54) is 89.9 Å². The van der Waals surface area contributed by atoms with E-state index in [0.717, 1.165) is 19.3 Å². The third kappa shape index (κ3) is 20.1. The lowest BCUT2D eigenvalue weighted by Gasteiger charge is -2.42. The van der Waals surface area contributed by atoms with E-state index < -0.39 is 35.7 Å². The summed E-state index contributed by atoms with van der Waals surface area (Å²) in [4.78, 5) is 34.9. The van der Waals surface area contributed by atoms with E-state index >= 15 is 0 Å². The quantitative estimate of drug-likeness (QED) is 0.0498. The van der Waals surface area contributed by atoms with E-state index in [9.17, 15) is 29.7 Å². The van der Waals surface area contributed by atoms with Gasteiger partial charge in [0.1, 0.15) is 17.8 Å². The molecule has 0 radical (unpaired) electrons. The molecule has 3 N–H and O–H groups in total. The van der Waals surface area contributed by atoms with Crippen LogP contribution in [0.15, 0.2) is 12.2 Å². The molecule has 234 valence electrons. The standard InChI is InChI=1S/C33H61NO6/c1-5-6-7-8-9-10-11-12-13-14-15-16-17-18-19-20-21-22-23-24-34(25-28(2)31(35)36,26-29(3)32(37)38)27-30(4)33(39)40/h10-11,28-30H,5-9,12-27H2,1-4H3,(H2-,35,36,37,38,39,40)/p+1/b11-10+. The number of quaternary nitrogens is 1. The van der Waals surface area contributed by atoms with Crippen molar-refractivity contribution >= 4 is 17.9 Å². The highest BCUT2D eigenvalue weighted by atomic mass is 16.4. The summed E-state index contributed by atoms with van der Waals surface area (Å²) in [6, 6.07) is 0. The second kappa shape index (κ2) is 23.8. The first kappa shape index (κ1) is 38.1. The molecule has 0 aliphatic rings. The van der Waals surface area contributed by atoms with Gasteiger partial charge in [0.05, 0.1) is 26.2 Å². The molecule has 0 spiro atoms. The first-order chi connectivity index (χ1) is 19.0. The summed E-state index contributed by atoms with van der Waals surface area (Å²) in [5, 5.41) is 28.6. The Morgan fingerprint density at radius 1 is 0.525 bits per heavy atom. The fourth-order valence-corrected chi connectivity index (χ4v) is 5.70. The van der Waals surface area contributed by atoms with Gasteiger partial charge in [-0.05, 0) is 59.3 Å². The van der Waals surface area contributed by atoms with Gasteiger partial charge in [-0.15, -0.1) is 0 Å². The number of rotatable bonds is 28. The Hall–Kier alpha value is -1.89. The summed E-state index contributed by atoms with van der Waals surface area (Å²) in [7, 11) is 0. The van der Waals surface area contributed by atoms with Crippen molar-refractivity contribution in [2.24, 2.45) is 17.8 Å². The molecule has 0 aromatic rings. The molecule has 0 bridgehead atoms. The third-order valence-electron chi connectivity index (χ3n) is 8.14. The summed E-state index contributed by atoms with van der Waals surface area (Å²) in [6.45, 7) is 8.49. The van der Waals surface area contributed by atoms with Gasteiger partial charge in [-0.25, -0.2) is 0 Å². The van der Waals surface area contributed by atoms with Crippen LogP contribution in [0.25, 0.3) is 0 Å². The highest BCUT2D eigenvalue weighted by Crippen LogP contribution is 2.22. The van der Waals surface area contributed by atoms with Gasteiger partial charge in [0, 0.05) is 0 Å². The first-order valence-electron chi connectivity index (χ1n) is 16.2. The number of hydrogen-bond acceptors (Lipinski definition) is 3. The molecule has 0 rings (SSSR count). The number of unbranched alkanes of at least 4 members (excludes halogenated alkanes) is 15. The van der Waals surface area contributed by atoms with Gasteiger partial charge in [0.2, 0.25) is 0 Å². The van der Waals surface area contributed by atoms with Crippen molar-refractivity contribution in [2.75, 3.05) is 26.2 Å². The second-order valence-electron chi connectivity index (χ2n) is 12.3. The topological polar surface area (TPSA) is 112 Å². The minimum absolute atomic E-state index is 0.225. The van der Waals surface area contributed by atoms with Gasteiger partial charge in [-0.2, -0.15) is 0 Å². The highest BCUT2D eigenvalue weighted by molar-refractivity contribution is 5.70. The smallest absolute Gasteiger partial charge is 0.311 e. The Morgan fingerprint density at radius 2 is 0.825 bits per heavy atom. The Balaban J connectivity index is 4.31. The van der Waals surface area contributed by atoms with Crippen LogP contribution in [0.4, 0.5) is 0 Å². The van der Waals surface area contributed by atoms with Crippen molar-refractivity contribution < 1.29 is 34.2 Å². The molecular weight excluding hydrogens is 506 g/mol. The zero-order chi connectivity index (χ0) is 30.2. The Bertz CT molecular complexity index is 652. The fraction of sp³-hybridized carbons (Fsp3) is 0.848. The van der Waals surface area contributed by atoms with Crippen LogP contribution in [0.3, 0.4) is 0 Å². The number of hydrogen-bond donors (Lipinski definition) is 3. The maximum absolute atomic E-state index is 11.6. The molecule has 0 aromatic heterocycles. The lowest BCUT2D eigenvalue weighted by Crippen LogP contribution is -2.57. The van der Waals surface area contributed by atoms with Crippen molar-refractivity contribution in [3.63, 3.8) is 0 Å². The van der Waals surface area contributed by atoms with Crippen molar-refractivity contribution in [1.29, 1.82) is 0 Å². The minimum Gasteiger partial charge on any atom is -0.481 e. The van der Waals surface area contributed by atoms with Crippen molar-refractivity contribution in [3.8, 4) is 0 Å². The zero-order valence-electron chi connectivity index (χ0n) is 26.2. The van der Waals surface area contributed by atoms with E-state index in [1.807, 2.05) is 0 Å². The average molecular weight is 569 g/mol. The summed E-state index contributed by atoms with van der Waals surface area (Å²) >= 11 is 0. The minimum atomic E-state index is -0.932. The van der Waals surface area contributed by atoms with Crippen molar-refractivity contribution in [3.05, 3.63) is 12.2 Å². The van der Waals surface area contributed by atoms with Crippen LogP contribution >= 0.6 is 0 Å². The zero-order valence-corrected chi connectivity index (χ0v) is 26.2. The molecule has 7 heteroatoms. The molecule has 3 atom stereocenters. The predicted octanol–water partition coefficient (Wildman–Crippen LogP) is 8.17. The molecule has 0 amide bonds. The normalized spacial score (nSPS) is 15.5. The maximum atomic E-state index is 11.6. The van der Waals surface area contributed by atoms with Gasteiger partial charge in [-0.3, -0.25) is 14.4 Å². The van der Waals surface area contributed by atoms with Crippen LogP contribution in [0.5, 0.6) is 0 Å². The monoisotopic (exact) mass is 568 g/mol. The van der Waals surface area contributed by atoms with Crippen LogP contribution in [-0.4, -0.2) is 63.9 Å². The van der Waals surface area contributed by atoms with Crippen molar-refractivity contribution in [1.82, 2.24) is 0 Å². The fourth-order valence-electron chi connectivity index (χ4n) is 5.70. The van der Waals surface area contributed by atoms with E-state index in [1.54, 1.807) is 20.8 Å². The molecule has 0 aliphatic heterocycles. The Labute approximate surface area is 245 Å². The number of aliphatic carboxylic acids is 3. The summed E-state index contributed by atoms with van der Waals surface area (Å²) in [5.74, 6) is -4.80. The molecule has 0 aromatic carbocycles. The molecule has 7 nitrogen and oxygen atoms in total. The van der Waals surface area contributed by atoms with E-state index in [0.29, 0.717) is 6.54 Å². The number of allylic oxidation sites excluding steroid dienone is 2. The Morgan fingerprint density at radius 3 is 1.15 bits per heavy atom. The maximum Gasteiger partial charge on any atom is 0.311 e. The van der Waals surface area contributed by atoms with E-state index in [2.05, 4.69) is 19.1 Å². The van der Waals surface area contributed by atoms with Crippen LogP contribution in [0, 0.1) is 17.8 Å². The van der Waals surface area contributed by atoms with Gasteiger partial charge in [-0.1, -0.05) is 89.7 Å². The van der Waals surface area contributed by atoms with Crippen LogP contribution < -0.4 is 0 Å². The number of carboxylic acids is 3. The van der Waals surface area contributed by atoms with E-state index in [-0.39, 0.29) is 24.1 Å². The molecule has 40 heavy (non-hydrogen) atoms. The average Bonchev–Trinajstić information content (AvgIpc) is 2.89. The van der Waals surface area contributed by atoms with Gasteiger partial charge < -0.3 is 19.8 Å². The largest absolute Gasteiger partial charge is 0.481 e. The van der Waals surface area contributed by atoms with Crippen LogP contribution in [0.1, 0.15) is 137 Å². The summed E-state index contributed by atoms with van der Waals surface area (Å²) < 4.78 is 0.225. The van der Waals surface area contributed by atoms with Gasteiger partial charge in [0.25, 0.3) is 0 Å². The summed E-state index contributed by atoms with van der Waals surface area (Å²) in [5.41, 5.74) is 0. The number of carboxylic acid groups (broad SMARTS) is 3. The SMILES string of the molecule is CCCCCC/C=C/CCCCCCCCCCCCC[N+](CC(C)C(=O)O)(CC(C)C(=O)O)CC(C)C(=O)O. The highest BCUT2D eigenvalue weighted by Gasteiger charge is 2.38. The molecular formula is C33H62NO6+. The first-order valence-corrected chi connectivity index (χ1v) is 16.2. The molecule has 0 saturated carbocycles. The Kier molecular flexibility index (Phi) is 22.7. The van der Waals surface area contributed by atoms with Crippen LogP contribution in [-0.2, 0) is 14.4 Å². The third-order valence-corrected chi connectivity index (χ3v) is 8.14. The molecule has 0 heterocycles. The lowest BCUT2D eigenvalue weighted by molar-refractivity contribution is -0.934. The van der Waals surface area contributed by atoms with Crippen LogP contribution in [0.2, 0.25) is 0 Å².